The zero-order valence-corrected chi connectivity index (χ0v) is 15.9. The molecule has 0 radical (unpaired) electrons. The van der Waals surface area contributed by atoms with Gasteiger partial charge in [0.15, 0.2) is 0 Å². The van der Waals surface area contributed by atoms with Crippen molar-refractivity contribution in [3.8, 4) is 0 Å². The zero-order valence-electron chi connectivity index (χ0n) is 15.9. The van der Waals surface area contributed by atoms with Crippen molar-refractivity contribution in [3.05, 3.63) is 70.9 Å². The first-order valence-corrected chi connectivity index (χ1v) is 9.02. The predicted octanol–water partition coefficient (Wildman–Crippen LogP) is 3.53. The number of ether oxygens (including phenoxy) is 1. The van der Waals surface area contributed by atoms with Gasteiger partial charge in [0.2, 0.25) is 0 Å². The van der Waals surface area contributed by atoms with Crippen LogP contribution >= 0.6 is 0 Å². The molecule has 0 aliphatic carbocycles. The molecule has 1 aliphatic heterocycles. The summed E-state index contributed by atoms with van der Waals surface area (Å²) in [6.45, 7) is 4.80. The highest BCUT2D eigenvalue weighted by Crippen LogP contribution is 2.32. The molecular formula is C22H24N2O3. The lowest BCUT2D eigenvalue weighted by Gasteiger charge is -2.15. The number of nitrogens with one attached hydrogen (secondary N) is 1. The van der Waals surface area contributed by atoms with Crippen LogP contribution in [0.25, 0.3) is 5.57 Å². The molecule has 0 spiro atoms. The Hall–Kier alpha value is -2.92. The first kappa shape index (κ1) is 18.9. The maximum atomic E-state index is 13.1. The van der Waals surface area contributed by atoms with Crippen molar-refractivity contribution in [2.75, 3.05) is 25.6 Å². The third kappa shape index (κ3) is 3.93. The van der Waals surface area contributed by atoms with Crippen molar-refractivity contribution < 1.29 is 14.3 Å². The Labute approximate surface area is 159 Å². The molecule has 0 fully saturated rings. The van der Waals surface area contributed by atoms with Gasteiger partial charge >= 0.3 is 0 Å². The molecule has 140 valence electrons. The highest BCUT2D eigenvalue weighted by molar-refractivity contribution is 6.36. The molecule has 27 heavy (non-hydrogen) atoms. The number of anilines is 1. The number of carbonyl (C=O) groups excluding carboxylic acids is 2. The van der Waals surface area contributed by atoms with Gasteiger partial charge in [0.05, 0.1) is 5.57 Å². The number of carbonyl (C=O) groups is 2. The maximum absolute atomic E-state index is 13.1. The standard InChI is InChI=1S/C22H24N2O3/c1-15-10-11-18(16(2)14-15)19-20(23-17-8-5-4-6-9-17)22(26)24(21(19)25)12-7-13-27-3/h4-6,8-11,14,23H,7,12-13H2,1-3H3. The molecule has 2 aromatic carbocycles. The van der Waals surface area contributed by atoms with E-state index in [4.69, 9.17) is 4.74 Å². The van der Waals surface area contributed by atoms with E-state index in [-0.39, 0.29) is 11.8 Å². The van der Waals surface area contributed by atoms with E-state index in [1.807, 2.05) is 62.4 Å². The zero-order chi connectivity index (χ0) is 19.4. The van der Waals surface area contributed by atoms with Crippen LogP contribution in [0.3, 0.4) is 0 Å². The summed E-state index contributed by atoms with van der Waals surface area (Å²) in [7, 11) is 1.61. The molecule has 2 aromatic rings. The number of amides is 2. The lowest BCUT2D eigenvalue weighted by molar-refractivity contribution is -0.136. The number of hydrogen-bond donors (Lipinski definition) is 1. The van der Waals surface area contributed by atoms with Crippen molar-refractivity contribution in [1.29, 1.82) is 0 Å². The Morgan fingerprint density at radius 1 is 1.00 bits per heavy atom. The molecule has 0 saturated heterocycles. The third-order valence-electron chi connectivity index (χ3n) is 4.59. The quantitative estimate of drug-likeness (QED) is 0.603. The molecule has 1 N–H and O–H groups in total. The summed E-state index contributed by atoms with van der Waals surface area (Å²) >= 11 is 0. The average molecular weight is 364 g/mol. The van der Waals surface area contributed by atoms with Gasteiger partial charge in [0.1, 0.15) is 5.70 Å². The first-order chi connectivity index (χ1) is 13.0. The van der Waals surface area contributed by atoms with Crippen molar-refractivity contribution in [3.63, 3.8) is 0 Å². The minimum Gasteiger partial charge on any atom is -0.385 e. The number of rotatable bonds is 7. The summed E-state index contributed by atoms with van der Waals surface area (Å²) in [5, 5.41) is 3.17. The summed E-state index contributed by atoms with van der Waals surface area (Å²) in [6, 6.07) is 15.3. The minimum atomic E-state index is -0.296. The van der Waals surface area contributed by atoms with Crippen LogP contribution in [0.5, 0.6) is 0 Å². The monoisotopic (exact) mass is 364 g/mol. The van der Waals surface area contributed by atoms with Gasteiger partial charge < -0.3 is 10.1 Å². The molecule has 2 amide bonds. The summed E-state index contributed by atoms with van der Waals surface area (Å²) < 4.78 is 5.06. The molecule has 1 aliphatic rings. The number of benzene rings is 2. The molecule has 1 heterocycles. The van der Waals surface area contributed by atoms with Crippen LogP contribution in [0, 0.1) is 13.8 Å². The molecule has 3 rings (SSSR count). The van der Waals surface area contributed by atoms with Crippen LogP contribution in [0.1, 0.15) is 23.1 Å². The number of para-hydroxylation sites is 1. The molecular weight excluding hydrogens is 340 g/mol. The summed E-state index contributed by atoms with van der Waals surface area (Å²) in [4.78, 5) is 27.4. The normalized spacial score (nSPS) is 14.3. The van der Waals surface area contributed by atoms with E-state index in [9.17, 15) is 9.59 Å². The second-order valence-corrected chi connectivity index (χ2v) is 6.67. The highest BCUT2D eigenvalue weighted by atomic mass is 16.5. The Morgan fingerprint density at radius 2 is 1.74 bits per heavy atom. The highest BCUT2D eigenvalue weighted by Gasteiger charge is 2.39. The van der Waals surface area contributed by atoms with Crippen molar-refractivity contribution in [2.45, 2.75) is 20.3 Å². The van der Waals surface area contributed by atoms with E-state index >= 15 is 0 Å². The molecule has 0 aromatic heterocycles. The molecule has 0 bridgehead atoms. The van der Waals surface area contributed by atoms with Crippen molar-refractivity contribution in [1.82, 2.24) is 4.90 Å². The number of hydrogen-bond acceptors (Lipinski definition) is 4. The lowest BCUT2D eigenvalue weighted by atomic mass is 9.97. The minimum absolute atomic E-state index is 0.263. The lowest BCUT2D eigenvalue weighted by Crippen LogP contribution is -2.33. The number of nitrogens with zero attached hydrogens (tertiary/aromatic N) is 1. The molecule has 0 unspecified atom stereocenters. The van der Waals surface area contributed by atoms with Gasteiger partial charge in [-0.1, -0.05) is 42.0 Å². The van der Waals surface area contributed by atoms with Crippen LogP contribution in [0.15, 0.2) is 54.2 Å². The average Bonchev–Trinajstić information content (AvgIpc) is 2.87. The van der Waals surface area contributed by atoms with Gasteiger partial charge in [0, 0.05) is 25.9 Å². The summed E-state index contributed by atoms with van der Waals surface area (Å²) in [6.07, 6.45) is 0.604. The van der Waals surface area contributed by atoms with E-state index < -0.39 is 0 Å². The fraction of sp³-hybridized carbons (Fsp3) is 0.273. The van der Waals surface area contributed by atoms with Gasteiger partial charge in [-0.2, -0.15) is 0 Å². The number of methoxy groups -OCH3 is 1. The van der Waals surface area contributed by atoms with Crippen LogP contribution in [-0.4, -0.2) is 37.0 Å². The molecule has 0 saturated carbocycles. The van der Waals surface area contributed by atoms with Gasteiger partial charge in [-0.15, -0.1) is 0 Å². The van der Waals surface area contributed by atoms with E-state index in [0.29, 0.717) is 30.8 Å². The maximum Gasteiger partial charge on any atom is 0.278 e. The van der Waals surface area contributed by atoms with Crippen molar-refractivity contribution >= 4 is 23.1 Å². The van der Waals surface area contributed by atoms with E-state index in [2.05, 4.69) is 5.32 Å². The van der Waals surface area contributed by atoms with E-state index in [1.54, 1.807) is 7.11 Å². The molecule has 5 nitrogen and oxygen atoms in total. The fourth-order valence-electron chi connectivity index (χ4n) is 3.27. The van der Waals surface area contributed by atoms with Gasteiger partial charge in [-0.3, -0.25) is 14.5 Å². The smallest absolute Gasteiger partial charge is 0.278 e. The summed E-state index contributed by atoms with van der Waals surface area (Å²) in [5.41, 5.74) is 4.40. The number of aryl methyl sites for hydroxylation is 2. The van der Waals surface area contributed by atoms with Crippen LogP contribution in [-0.2, 0) is 14.3 Å². The van der Waals surface area contributed by atoms with E-state index in [0.717, 1.165) is 22.4 Å². The Kier molecular flexibility index (Phi) is 5.72. The van der Waals surface area contributed by atoms with Gasteiger partial charge in [-0.25, -0.2) is 0 Å². The van der Waals surface area contributed by atoms with Crippen LogP contribution < -0.4 is 5.32 Å². The third-order valence-corrected chi connectivity index (χ3v) is 4.59. The second-order valence-electron chi connectivity index (χ2n) is 6.67. The van der Waals surface area contributed by atoms with Crippen LogP contribution in [0.4, 0.5) is 5.69 Å². The number of imide groups is 1. The predicted molar refractivity (Wildman–Crippen MR) is 106 cm³/mol. The van der Waals surface area contributed by atoms with E-state index in [1.165, 1.54) is 4.90 Å². The Morgan fingerprint density at radius 3 is 2.41 bits per heavy atom. The Balaban J connectivity index is 2.03. The molecule has 5 heteroatoms. The fourth-order valence-corrected chi connectivity index (χ4v) is 3.27. The topological polar surface area (TPSA) is 58.6 Å². The molecule has 0 atom stereocenters. The van der Waals surface area contributed by atoms with Crippen molar-refractivity contribution in [2.24, 2.45) is 0 Å². The SMILES string of the molecule is COCCCN1C(=O)C(Nc2ccccc2)=C(c2ccc(C)cc2C)C1=O. The largest absolute Gasteiger partial charge is 0.385 e. The first-order valence-electron chi connectivity index (χ1n) is 9.02. The van der Waals surface area contributed by atoms with Gasteiger partial charge in [-0.05, 0) is 43.5 Å². The summed E-state index contributed by atoms with van der Waals surface area (Å²) in [5.74, 6) is -0.559. The Bertz CT molecular complexity index is 888. The van der Waals surface area contributed by atoms with Gasteiger partial charge in [0.25, 0.3) is 11.8 Å². The second kappa shape index (κ2) is 8.18. The van der Waals surface area contributed by atoms with Crippen LogP contribution in [0.2, 0.25) is 0 Å².